The number of rotatable bonds is 2. The second-order valence-corrected chi connectivity index (χ2v) is 4.84. The molecule has 0 bridgehead atoms. The summed E-state index contributed by atoms with van der Waals surface area (Å²) in [6.45, 7) is 3.42. The smallest absolute Gasteiger partial charge is 0.412 e. The van der Waals surface area contributed by atoms with Crippen molar-refractivity contribution < 1.29 is 14.3 Å². The van der Waals surface area contributed by atoms with Crippen molar-refractivity contribution in [3.63, 3.8) is 0 Å². The average Bonchev–Trinajstić information content (AvgIpc) is 2.34. The summed E-state index contributed by atoms with van der Waals surface area (Å²) >= 11 is 0. The SMILES string of the molecule is C[C@H]1CNC[C@@H](N(C(=O)O)c2ccnc(F)c2N)C1. The quantitative estimate of drug-likeness (QED) is 0.703. The van der Waals surface area contributed by atoms with Crippen LogP contribution in [0.3, 0.4) is 0 Å². The maximum Gasteiger partial charge on any atom is 0.412 e. The number of aromatic nitrogens is 1. The van der Waals surface area contributed by atoms with E-state index >= 15 is 0 Å². The molecule has 6 nitrogen and oxygen atoms in total. The fourth-order valence-electron chi connectivity index (χ4n) is 2.43. The molecule has 1 aromatic rings. The van der Waals surface area contributed by atoms with Gasteiger partial charge in [0.2, 0.25) is 5.95 Å². The molecule has 1 saturated heterocycles. The maximum atomic E-state index is 13.4. The summed E-state index contributed by atoms with van der Waals surface area (Å²) in [6.07, 6.45) is 0.789. The van der Waals surface area contributed by atoms with Crippen LogP contribution in [-0.4, -0.2) is 35.3 Å². The van der Waals surface area contributed by atoms with Crippen LogP contribution in [-0.2, 0) is 0 Å². The van der Waals surface area contributed by atoms with Gasteiger partial charge in [-0.3, -0.25) is 4.90 Å². The van der Waals surface area contributed by atoms with E-state index in [9.17, 15) is 14.3 Å². The molecular weight excluding hydrogens is 251 g/mol. The number of nitrogens with zero attached hydrogens (tertiary/aromatic N) is 2. The van der Waals surface area contributed by atoms with E-state index in [0.717, 1.165) is 11.4 Å². The number of nitrogen functional groups attached to an aromatic ring is 1. The number of hydrogen-bond acceptors (Lipinski definition) is 4. The zero-order valence-electron chi connectivity index (χ0n) is 10.6. The minimum atomic E-state index is -1.14. The highest BCUT2D eigenvalue weighted by Gasteiger charge is 2.30. The van der Waals surface area contributed by atoms with Gasteiger partial charge >= 0.3 is 6.09 Å². The van der Waals surface area contributed by atoms with Crippen molar-refractivity contribution in [2.45, 2.75) is 19.4 Å². The Labute approximate surface area is 110 Å². The number of halogens is 1. The molecule has 0 spiro atoms. The summed E-state index contributed by atoms with van der Waals surface area (Å²) in [4.78, 5) is 16.0. The van der Waals surface area contributed by atoms with Gasteiger partial charge in [0.15, 0.2) is 0 Å². The number of carbonyl (C=O) groups is 1. The van der Waals surface area contributed by atoms with Crippen molar-refractivity contribution in [2.75, 3.05) is 23.7 Å². The fourth-order valence-corrected chi connectivity index (χ4v) is 2.43. The van der Waals surface area contributed by atoms with Crippen LogP contribution in [0.2, 0.25) is 0 Å². The standard InChI is InChI=1S/C12H17FN4O2/c1-7-4-8(6-15-5-7)17(12(18)19)9-2-3-16-11(13)10(9)14/h2-3,7-8,15H,4-6,14H2,1H3,(H,18,19)/t7-,8+/m1/s1. The topological polar surface area (TPSA) is 91.5 Å². The Bertz CT molecular complexity index is 483. The van der Waals surface area contributed by atoms with Gasteiger partial charge < -0.3 is 16.2 Å². The van der Waals surface area contributed by atoms with Crippen molar-refractivity contribution in [1.29, 1.82) is 0 Å². The van der Waals surface area contributed by atoms with E-state index < -0.39 is 12.0 Å². The summed E-state index contributed by atoms with van der Waals surface area (Å²) in [5.41, 5.74) is 5.52. The number of carboxylic acid groups (broad SMARTS) is 1. The van der Waals surface area contributed by atoms with Crippen molar-refractivity contribution >= 4 is 17.5 Å². The Morgan fingerprint density at radius 3 is 3.00 bits per heavy atom. The number of piperidine rings is 1. The molecule has 1 fully saturated rings. The summed E-state index contributed by atoms with van der Waals surface area (Å²) < 4.78 is 13.4. The van der Waals surface area contributed by atoms with Crippen LogP contribution in [0.25, 0.3) is 0 Å². The van der Waals surface area contributed by atoms with E-state index in [-0.39, 0.29) is 17.4 Å². The Morgan fingerprint density at radius 1 is 1.63 bits per heavy atom. The number of nitrogens with one attached hydrogen (secondary N) is 1. The van der Waals surface area contributed by atoms with Crippen molar-refractivity contribution in [2.24, 2.45) is 5.92 Å². The van der Waals surface area contributed by atoms with E-state index in [1.807, 2.05) is 6.92 Å². The molecule has 0 aliphatic carbocycles. The molecule has 1 aliphatic heterocycles. The summed E-state index contributed by atoms with van der Waals surface area (Å²) in [5.74, 6) is -0.492. The molecule has 0 saturated carbocycles. The van der Waals surface area contributed by atoms with Crippen molar-refractivity contribution in [3.8, 4) is 0 Å². The van der Waals surface area contributed by atoms with Crippen LogP contribution in [0, 0.1) is 11.9 Å². The van der Waals surface area contributed by atoms with E-state index in [0.29, 0.717) is 18.9 Å². The van der Waals surface area contributed by atoms with Gasteiger partial charge in [0.25, 0.3) is 0 Å². The third-order valence-corrected chi connectivity index (χ3v) is 3.30. The molecule has 1 aromatic heterocycles. The molecule has 19 heavy (non-hydrogen) atoms. The predicted molar refractivity (Wildman–Crippen MR) is 69.5 cm³/mol. The molecule has 0 unspecified atom stereocenters. The van der Waals surface area contributed by atoms with Crippen LogP contribution in [0.15, 0.2) is 12.3 Å². The third kappa shape index (κ3) is 2.76. The Hall–Kier alpha value is -1.89. The first-order chi connectivity index (χ1) is 9.00. The highest BCUT2D eigenvalue weighted by Crippen LogP contribution is 2.28. The lowest BCUT2D eigenvalue weighted by Crippen LogP contribution is -2.51. The van der Waals surface area contributed by atoms with Crippen molar-refractivity contribution in [3.05, 3.63) is 18.2 Å². The lowest BCUT2D eigenvalue weighted by Gasteiger charge is -2.35. The van der Waals surface area contributed by atoms with Gasteiger partial charge in [0, 0.05) is 12.7 Å². The molecule has 1 amide bonds. The maximum absolute atomic E-state index is 13.4. The van der Waals surface area contributed by atoms with Gasteiger partial charge in [-0.25, -0.2) is 9.78 Å². The Kier molecular flexibility index (Phi) is 3.84. The highest BCUT2D eigenvalue weighted by atomic mass is 19.1. The van der Waals surface area contributed by atoms with Gasteiger partial charge in [-0.05, 0) is 24.9 Å². The first-order valence-electron chi connectivity index (χ1n) is 6.13. The lowest BCUT2D eigenvalue weighted by atomic mass is 9.96. The lowest BCUT2D eigenvalue weighted by molar-refractivity contribution is 0.195. The average molecular weight is 268 g/mol. The largest absolute Gasteiger partial charge is 0.465 e. The molecule has 1 aliphatic rings. The number of nitrogens with two attached hydrogens (primary N) is 1. The fraction of sp³-hybridized carbons (Fsp3) is 0.500. The molecule has 0 radical (unpaired) electrons. The number of pyridine rings is 1. The second kappa shape index (κ2) is 5.40. The van der Waals surface area contributed by atoms with Gasteiger partial charge in [0.05, 0.1) is 11.7 Å². The minimum Gasteiger partial charge on any atom is -0.465 e. The molecule has 2 atom stereocenters. The molecule has 0 aromatic carbocycles. The van der Waals surface area contributed by atoms with Crippen LogP contribution < -0.4 is 16.0 Å². The van der Waals surface area contributed by atoms with E-state index in [2.05, 4.69) is 10.3 Å². The Balaban J connectivity index is 2.34. The summed E-state index contributed by atoms with van der Waals surface area (Å²) in [6, 6.07) is 1.16. The van der Waals surface area contributed by atoms with Gasteiger partial charge in [0.1, 0.15) is 5.69 Å². The van der Waals surface area contributed by atoms with Crippen LogP contribution >= 0.6 is 0 Å². The minimum absolute atomic E-state index is 0.154. The van der Waals surface area contributed by atoms with Crippen LogP contribution in [0.5, 0.6) is 0 Å². The van der Waals surface area contributed by atoms with E-state index in [4.69, 9.17) is 5.73 Å². The molecule has 4 N–H and O–H groups in total. The van der Waals surface area contributed by atoms with Gasteiger partial charge in [-0.1, -0.05) is 6.92 Å². The van der Waals surface area contributed by atoms with Crippen LogP contribution in [0.4, 0.5) is 20.6 Å². The number of amides is 1. The zero-order chi connectivity index (χ0) is 14.0. The van der Waals surface area contributed by atoms with Gasteiger partial charge in [-0.15, -0.1) is 0 Å². The first-order valence-corrected chi connectivity index (χ1v) is 6.13. The van der Waals surface area contributed by atoms with E-state index in [1.165, 1.54) is 12.3 Å². The molecule has 104 valence electrons. The summed E-state index contributed by atoms with van der Waals surface area (Å²) in [5, 5.41) is 12.5. The summed E-state index contributed by atoms with van der Waals surface area (Å²) in [7, 11) is 0. The van der Waals surface area contributed by atoms with E-state index in [1.54, 1.807) is 0 Å². The predicted octanol–water partition coefficient (Wildman–Crippen LogP) is 1.29. The second-order valence-electron chi connectivity index (χ2n) is 4.84. The monoisotopic (exact) mass is 268 g/mol. The number of hydrogen-bond donors (Lipinski definition) is 3. The van der Waals surface area contributed by atoms with Gasteiger partial charge in [-0.2, -0.15) is 4.39 Å². The number of anilines is 2. The zero-order valence-corrected chi connectivity index (χ0v) is 10.6. The molecule has 2 rings (SSSR count). The third-order valence-electron chi connectivity index (χ3n) is 3.30. The highest BCUT2D eigenvalue weighted by molar-refractivity contribution is 5.90. The Morgan fingerprint density at radius 2 is 2.37 bits per heavy atom. The van der Waals surface area contributed by atoms with Crippen molar-refractivity contribution in [1.82, 2.24) is 10.3 Å². The first kappa shape index (κ1) is 13.5. The molecule has 2 heterocycles. The molecule has 7 heteroatoms. The molecular formula is C12H17FN4O2. The normalized spacial score (nSPS) is 23.1. The van der Waals surface area contributed by atoms with Crippen LogP contribution in [0.1, 0.15) is 13.3 Å².